The minimum Gasteiger partial charge on any atom is -0.461 e. The molecule has 4 nitrogen and oxygen atoms in total. The summed E-state index contributed by atoms with van der Waals surface area (Å²) >= 11 is 0. The van der Waals surface area contributed by atoms with Crippen LogP contribution in [-0.2, 0) is 19.4 Å². The van der Waals surface area contributed by atoms with Gasteiger partial charge in [0.25, 0.3) is 0 Å². The molecule has 3 rings (SSSR count). The Kier molecular flexibility index (Phi) is 2.65. The zero-order valence-corrected chi connectivity index (χ0v) is 9.86. The van der Waals surface area contributed by atoms with Crippen molar-refractivity contribution in [2.75, 3.05) is 6.54 Å². The van der Waals surface area contributed by atoms with Crippen LogP contribution in [0.25, 0.3) is 11.6 Å². The summed E-state index contributed by atoms with van der Waals surface area (Å²) < 4.78 is 5.37. The average Bonchev–Trinajstić information content (AvgIpc) is 2.91. The molecule has 0 spiro atoms. The first kappa shape index (κ1) is 10.5. The van der Waals surface area contributed by atoms with Crippen LogP contribution in [0.1, 0.15) is 23.9 Å². The van der Waals surface area contributed by atoms with E-state index >= 15 is 0 Å². The third-order valence-corrected chi connectivity index (χ3v) is 3.10. The van der Waals surface area contributed by atoms with Crippen LogP contribution in [0.4, 0.5) is 0 Å². The molecule has 4 heteroatoms. The van der Waals surface area contributed by atoms with Gasteiger partial charge in [0.15, 0.2) is 11.6 Å². The van der Waals surface area contributed by atoms with Gasteiger partial charge in [-0.2, -0.15) is 0 Å². The molecule has 0 amide bonds. The topological polar surface area (TPSA) is 51.0 Å². The van der Waals surface area contributed by atoms with E-state index in [1.165, 1.54) is 11.3 Å². The van der Waals surface area contributed by atoms with Crippen molar-refractivity contribution in [2.24, 2.45) is 0 Å². The van der Waals surface area contributed by atoms with Crippen LogP contribution >= 0.6 is 0 Å². The van der Waals surface area contributed by atoms with Gasteiger partial charge < -0.3 is 9.73 Å². The normalized spacial score (nSPS) is 14.6. The molecule has 0 saturated carbocycles. The highest BCUT2D eigenvalue weighted by Crippen LogP contribution is 2.22. The predicted octanol–water partition coefficient (Wildman–Crippen LogP) is 1.94. The van der Waals surface area contributed by atoms with E-state index in [9.17, 15) is 0 Å². The highest BCUT2D eigenvalue weighted by molar-refractivity contribution is 5.48. The molecule has 0 atom stereocenters. The number of fused-ring (bicyclic) bond motifs is 1. The number of rotatable bonds is 2. The number of furan rings is 1. The molecule has 0 fully saturated rings. The van der Waals surface area contributed by atoms with Gasteiger partial charge in [0, 0.05) is 30.8 Å². The molecule has 0 aromatic carbocycles. The van der Waals surface area contributed by atoms with Crippen molar-refractivity contribution < 1.29 is 4.42 Å². The molecule has 1 N–H and O–H groups in total. The zero-order chi connectivity index (χ0) is 11.7. The Morgan fingerprint density at radius 1 is 1.41 bits per heavy atom. The van der Waals surface area contributed by atoms with Crippen LogP contribution in [0.5, 0.6) is 0 Å². The molecule has 0 aliphatic carbocycles. The summed E-state index contributed by atoms with van der Waals surface area (Å²) in [4.78, 5) is 9.22. The van der Waals surface area contributed by atoms with Crippen molar-refractivity contribution in [2.45, 2.75) is 26.3 Å². The standard InChI is InChI=1S/C13H15N3O/c1-2-10-9-8-14-6-5-11(9)16-13(15-10)12-4-3-7-17-12/h3-4,7,14H,2,5-6,8H2,1H3. The summed E-state index contributed by atoms with van der Waals surface area (Å²) in [5.74, 6) is 1.47. The zero-order valence-electron chi connectivity index (χ0n) is 9.86. The van der Waals surface area contributed by atoms with E-state index in [0.29, 0.717) is 5.82 Å². The van der Waals surface area contributed by atoms with E-state index < -0.39 is 0 Å². The molecule has 3 heterocycles. The SMILES string of the molecule is CCc1nc(-c2ccco2)nc2c1CNCC2. The van der Waals surface area contributed by atoms with Gasteiger partial charge >= 0.3 is 0 Å². The summed E-state index contributed by atoms with van der Waals surface area (Å²) in [5, 5.41) is 3.37. The fourth-order valence-corrected chi connectivity index (χ4v) is 2.22. The average molecular weight is 229 g/mol. The second kappa shape index (κ2) is 4.30. The monoisotopic (exact) mass is 229 g/mol. The predicted molar refractivity (Wildman–Crippen MR) is 64.5 cm³/mol. The maximum Gasteiger partial charge on any atom is 0.196 e. The Morgan fingerprint density at radius 3 is 3.12 bits per heavy atom. The first-order valence-corrected chi connectivity index (χ1v) is 6.01. The summed E-state index contributed by atoms with van der Waals surface area (Å²) in [5.41, 5.74) is 3.57. The summed E-state index contributed by atoms with van der Waals surface area (Å²) in [6, 6.07) is 3.77. The number of hydrogen-bond donors (Lipinski definition) is 1. The molecule has 0 radical (unpaired) electrons. The quantitative estimate of drug-likeness (QED) is 0.855. The lowest BCUT2D eigenvalue weighted by Gasteiger charge is -2.19. The van der Waals surface area contributed by atoms with Crippen LogP contribution < -0.4 is 5.32 Å². The third kappa shape index (κ3) is 1.85. The fourth-order valence-electron chi connectivity index (χ4n) is 2.22. The highest BCUT2D eigenvalue weighted by Gasteiger charge is 2.17. The molecule has 17 heavy (non-hydrogen) atoms. The lowest BCUT2D eigenvalue weighted by atomic mass is 10.0. The number of aryl methyl sites for hydroxylation is 1. The molecule has 88 valence electrons. The van der Waals surface area contributed by atoms with Gasteiger partial charge in [-0.05, 0) is 18.6 Å². The number of hydrogen-bond acceptors (Lipinski definition) is 4. The van der Waals surface area contributed by atoms with Crippen molar-refractivity contribution in [1.82, 2.24) is 15.3 Å². The second-order valence-electron chi connectivity index (χ2n) is 4.18. The summed E-state index contributed by atoms with van der Waals surface area (Å²) in [6.45, 7) is 4.00. The lowest BCUT2D eigenvalue weighted by Crippen LogP contribution is -2.26. The Labute approximate surface area is 100 Å². The molecular formula is C13H15N3O. The molecule has 2 aromatic rings. The van der Waals surface area contributed by atoms with Gasteiger partial charge in [-0.15, -0.1) is 0 Å². The third-order valence-electron chi connectivity index (χ3n) is 3.10. The van der Waals surface area contributed by atoms with E-state index in [1.54, 1.807) is 6.26 Å². The minimum atomic E-state index is 0.715. The second-order valence-corrected chi connectivity index (χ2v) is 4.18. The molecule has 2 aromatic heterocycles. The molecule has 1 aliphatic rings. The van der Waals surface area contributed by atoms with Crippen LogP contribution in [0.15, 0.2) is 22.8 Å². The van der Waals surface area contributed by atoms with Crippen LogP contribution in [-0.4, -0.2) is 16.5 Å². The van der Waals surface area contributed by atoms with E-state index in [4.69, 9.17) is 4.42 Å². The van der Waals surface area contributed by atoms with Gasteiger partial charge in [0.2, 0.25) is 0 Å². The smallest absolute Gasteiger partial charge is 0.196 e. The molecular weight excluding hydrogens is 214 g/mol. The Balaban J connectivity index is 2.12. The van der Waals surface area contributed by atoms with E-state index in [-0.39, 0.29) is 0 Å². The van der Waals surface area contributed by atoms with Gasteiger partial charge in [-0.1, -0.05) is 6.92 Å². The van der Waals surface area contributed by atoms with Gasteiger partial charge in [-0.25, -0.2) is 9.97 Å². The number of nitrogens with one attached hydrogen (secondary N) is 1. The van der Waals surface area contributed by atoms with E-state index in [1.807, 2.05) is 12.1 Å². The van der Waals surface area contributed by atoms with Crippen molar-refractivity contribution in [3.05, 3.63) is 35.3 Å². The fraction of sp³-hybridized carbons (Fsp3) is 0.385. The largest absolute Gasteiger partial charge is 0.461 e. The minimum absolute atomic E-state index is 0.715. The summed E-state index contributed by atoms with van der Waals surface area (Å²) in [6.07, 6.45) is 3.56. The number of aromatic nitrogens is 2. The molecule has 0 saturated heterocycles. The molecule has 1 aliphatic heterocycles. The van der Waals surface area contributed by atoms with Crippen LogP contribution in [0.2, 0.25) is 0 Å². The highest BCUT2D eigenvalue weighted by atomic mass is 16.3. The van der Waals surface area contributed by atoms with Gasteiger partial charge in [0.05, 0.1) is 12.0 Å². The summed E-state index contributed by atoms with van der Waals surface area (Å²) in [7, 11) is 0. The van der Waals surface area contributed by atoms with Crippen molar-refractivity contribution >= 4 is 0 Å². The van der Waals surface area contributed by atoms with Gasteiger partial charge in [-0.3, -0.25) is 0 Å². The molecule has 0 unspecified atom stereocenters. The Morgan fingerprint density at radius 2 is 2.35 bits per heavy atom. The van der Waals surface area contributed by atoms with Crippen molar-refractivity contribution in [3.8, 4) is 11.6 Å². The lowest BCUT2D eigenvalue weighted by molar-refractivity contribution is 0.571. The Hall–Kier alpha value is -1.68. The van der Waals surface area contributed by atoms with Crippen molar-refractivity contribution in [1.29, 1.82) is 0 Å². The van der Waals surface area contributed by atoms with E-state index in [2.05, 4.69) is 22.2 Å². The molecule has 0 bridgehead atoms. The van der Waals surface area contributed by atoms with Crippen LogP contribution in [0.3, 0.4) is 0 Å². The Bertz CT molecular complexity index is 502. The van der Waals surface area contributed by atoms with Crippen LogP contribution in [0, 0.1) is 0 Å². The number of nitrogens with zero attached hydrogens (tertiary/aromatic N) is 2. The maximum absolute atomic E-state index is 5.37. The van der Waals surface area contributed by atoms with Crippen molar-refractivity contribution in [3.63, 3.8) is 0 Å². The first-order chi connectivity index (χ1) is 8.38. The first-order valence-electron chi connectivity index (χ1n) is 6.01. The maximum atomic E-state index is 5.37. The van der Waals surface area contributed by atoms with E-state index in [0.717, 1.165) is 37.4 Å². The van der Waals surface area contributed by atoms with Gasteiger partial charge in [0.1, 0.15) is 0 Å².